The van der Waals surface area contributed by atoms with Crippen molar-refractivity contribution in [3.63, 3.8) is 0 Å². The molecule has 2 amide bonds. The van der Waals surface area contributed by atoms with Gasteiger partial charge in [0.05, 0.1) is 20.3 Å². The van der Waals surface area contributed by atoms with E-state index in [0.29, 0.717) is 17.1 Å². The van der Waals surface area contributed by atoms with Crippen LogP contribution in [0.25, 0.3) is 0 Å². The van der Waals surface area contributed by atoms with E-state index in [1.54, 1.807) is 6.07 Å². The van der Waals surface area contributed by atoms with Crippen LogP contribution < -0.4 is 26.1 Å². The fourth-order valence-corrected chi connectivity index (χ4v) is 1.40. The van der Waals surface area contributed by atoms with E-state index in [1.807, 2.05) is 5.43 Å². The summed E-state index contributed by atoms with van der Waals surface area (Å²) >= 11 is 0. The van der Waals surface area contributed by atoms with Crippen LogP contribution in [0.1, 0.15) is 10.4 Å². The van der Waals surface area contributed by atoms with Gasteiger partial charge in [0.25, 0.3) is 11.8 Å². The minimum absolute atomic E-state index is 0.124. The number of nitrogens with one attached hydrogen (secondary N) is 2. The first-order valence-corrected chi connectivity index (χ1v) is 5.81. The van der Waals surface area contributed by atoms with Crippen molar-refractivity contribution in [3.8, 4) is 11.5 Å². The number of nitrogens with two attached hydrogens (primary N) is 1. The second-order valence-electron chi connectivity index (χ2n) is 3.69. The molecule has 110 valence electrons. The number of benzene rings is 1. The van der Waals surface area contributed by atoms with Crippen molar-refractivity contribution >= 4 is 11.8 Å². The molecule has 0 fully saturated rings. The molecule has 1 aromatic rings. The molecule has 0 atom stereocenters. The van der Waals surface area contributed by atoms with Crippen LogP contribution in [-0.2, 0) is 4.79 Å². The molecule has 1 aromatic carbocycles. The molecular weight excluding hydrogens is 266 g/mol. The van der Waals surface area contributed by atoms with E-state index in [1.165, 1.54) is 19.2 Å². The minimum Gasteiger partial charge on any atom is -0.493 e. The summed E-state index contributed by atoms with van der Waals surface area (Å²) in [5, 5.41) is 11.1. The van der Waals surface area contributed by atoms with Crippen molar-refractivity contribution in [1.82, 2.24) is 10.7 Å². The molecule has 0 saturated heterocycles. The van der Waals surface area contributed by atoms with E-state index >= 15 is 0 Å². The molecule has 0 unspecified atom stereocenters. The van der Waals surface area contributed by atoms with Crippen LogP contribution in [-0.4, -0.2) is 43.8 Å². The van der Waals surface area contributed by atoms with Gasteiger partial charge >= 0.3 is 0 Å². The predicted octanol–water partition coefficient (Wildman–Crippen LogP) is -1.21. The first-order chi connectivity index (χ1) is 9.62. The highest BCUT2D eigenvalue weighted by Gasteiger charge is 2.11. The van der Waals surface area contributed by atoms with Crippen molar-refractivity contribution in [2.45, 2.75) is 0 Å². The molecule has 0 heterocycles. The molecule has 0 radical (unpaired) electrons. The Balaban J connectivity index is 2.75. The maximum absolute atomic E-state index is 11.8. The van der Waals surface area contributed by atoms with E-state index in [-0.39, 0.29) is 19.8 Å². The number of hydrazine groups is 1. The van der Waals surface area contributed by atoms with Gasteiger partial charge in [-0.1, -0.05) is 0 Å². The smallest absolute Gasteiger partial charge is 0.253 e. The molecule has 20 heavy (non-hydrogen) atoms. The second kappa shape index (κ2) is 7.97. The lowest BCUT2D eigenvalue weighted by Crippen LogP contribution is -2.40. The molecule has 0 saturated carbocycles. The number of ether oxygens (including phenoxy) is 2. The number of amides is 2. The number of rotatable bonds is 7. The maximum Gasteiger partial charge on any atom is 0.253 e. The minimum atomic E-state index is -0.506. The number of carbonyl (C=O) groups excluding carboxylic acids is 2. The topological polar surface area (TPSA) is 123 Å². The zero-order valence-electron chi connectivity index (χ0n) is 11.0. The number of hydrogen-bond donors (Lipinski definition) is 4. The van der Waals surface area contributed by atoms with E-state index < -0.39 is 11.8 Å². The zero-order valence-corrected chi connectivity index (χ0v) is 11.0. The Morgan fingerprint density at radius 3 is 2.70 bits per heavy atom. The van der Waals surface area contributed by atoms with E-state index in [4.69, 9.17) is 20.4 Å². The molecule has 0 aromatic heterocycles. The number of aliphatic hydroxyl groups is 1. The summed E-state index contributed by atoms with van der Waals surface area (Å²) in [5.74, 6) is 4.72. The molecule has 0 aliphatic rings. The number of carbonyl (C=O) groups is 2. The van der Waals surface area contributed by atoms with E-state index in [0.717, 1.165) is 0 Å². The van der Waals surface area contributed by atoms with Gasteiger partial charge in [-0.05, 0) is 18.2 Å². The number of methoxy groups -OCH3 is 1. The molecule has 0 spiro atoms. The van der Waals surface area contributed by atoms with Gasteiger partial charge in [-0.2, -0.15) is 0 Å². The Hall–Kier alpha value is -2.32. The summed E-state index contributed by atoms with van der Waals surface area (Å²) < 4.78 is 10.3. The zero-order chi connectivity index (χ0) is 15.0. The van der Waals surface area contributed by atoms with Crippen molar-refractivity contribution in [2.24, 2.45) is 5.84 Å². The molecule has 8 nitrogen and oxygen atoms in total. The maximum atomic E-state index is 11.8. The standard InChI is InChI=1S/C12H17N3O5/c1-19-10-6-8(2-3-9(10)20-5-4-16)12(18)14-7-11(17)15-13/h2-3,6,16H,4-5,7,13H2,1H3,(H,14,18)(H,15,17). The highest BCUT2D eigenvalue weighted by Crippen LogP contribution is 2.27. The van der Waals surface area contributed by atoms with Crippen molar-refractivity contribution in [2.75, 3.05) is 26.9 Å². The largest absolute Gasteiger partial charge is 0.493 e. The van der Waals surface area contributed by atoms with Crippen LogP contribution in [0, 0.1) is 0 Å². The van der Waals surface area contributed by atoms with Gasteiger partial charge in [0, 0.05) is 5.56 Å². The first kappa shape index (κ1) is 15.7. The first-order valence-electron chi connectivity index (χ1n) is 5.81. The summed E-state index contributed by atoms with van der Waals surface area (Å²) in [4.78, 5) is 22.7. The fourth-order valence-electron chi connectivity index (χ4n) is 1.40. The Bertz CT molecular complexity index is 478. The molecule has 8 heteroatoms. The molecule has 0 aliphatic carbocycles. The Morgan fingerprint density at radius 1 is 1.35 bits per heavy atom. The van der Waals surface area contributed by atoms with Crippen LogP contribution in [0.3, 0.4) is 0 Å². The summed E-state index contributed by atoms with van der Waals surface area (Å²) in [7, 11) is 1.44. The van der Waals surface area contributed by atoms with Gasteiger partial charge < -0.3 is 19.9 Å². The van der Waals surface area contributed by atoms with Gasteiger partial charge in [-0.15, -0.1) is 0 Å². The average Bonchev–Trinajstić information content (AvgIpc) is 2.49. The van der Waals surface area contributed by atoms with Gasteiger partial charge in [0.2, 0.25) is 0 Å². The van der Waals surface area contributed by atoms with Crippen LogP contribution in [0.15, 0.2) is 18.2 Å². The quantitative estimate of drug-likeness (QED) is 0.283. The highest BCUT2D eigenvalue weighted by atomic mass is 16.5. The van der Waals surface area contributed by atoms with Crippen molar-refractivity contribution in [1.29, 1.82) is 0 Å². The number of aliphatic hydroxyl groups excluding tert-OH is 1. The lowest BCUT2D eigenvalue weighted by Gasteiger charge is -2.11. The van der Waals surface area contributed by atoms with E-state index in [9.17, 15) is 9.59 Å². The van der Waals surface area contributed by atoms with Gasteiger partial charge in [-0.25, -0.2) is 5.84 Å². The number of hydrogen-bond acceptors (Lipinski definition) is 6. The molecule has 5 N–H and O–H groups in total. The van der Waals surface area contributed by atoms with Gasteiger partial charge in [-0.3, -0.25) is 15.0 Å². The van der Waals surface area contributed by atoms with Crippen LogP contribution in [0.4, 0.5) is 0 Å². The summed E-state index contributed by atoms with van der Waals surface area (Å²) in [6.45, 7) is -0.224. The monoisotopic (exact) mass is 283 g/mol. The van der Waals surface area contributed by atoms with Crippen molar-refractivity contribution < 1.29 is 24.2 Å². The third kappa shape index (κ3) is 4.41. The Morgan fingerprint density at radius 2 is 2.10 bits per heavy atom. The third-order valence-electron chi connectivity index (χ3n) is 2.35. The normalized spacial score (nSPS) is 9.75. The predicted molar refractivity (Wildman–Crippen MR) is 70.2 cm³/mol. The van der Waals surface area contributed by atoms with Crippen LogP contribution in [0.5, 0.6) is 11.5 Å². The molecule has 0 bridgehead atoms. The van der Waals surface area contributed by atoms with Gasteiger partial charge in [0.1, 0.15) is 6.61 Å². The molecule has 1 rings (SSSR count). The third-order valence-corrected chi connectivity index (χ3v) is 2.35. The van der Waals surface area contributed by atoms with Crippen molar-refractivity contribution in [3.05, 3.63) is 23.8 Å². The highest BCUT2D eigenvalue weighted by molar-refractivity contribution is 5.96. The average molecular weight is 283 g/mol. The lowest BCUT2D eigenvalue weighted by molar-refractivity contribution is -0.120. The van der Waals surface area contributed by atoms with E-state index in [2.05, 4.69) is 5.32 Å². The fraction of sp³-hybridized carbons (Fsp3) is 0.333. The molecule has 0 aliphatic heterocycles. The summed E-state index contributed by atoms with van der Waals surface area (Å²) in [6.07, 6.45) is 0. The second-order valence-corrected chi connectivity index (χ2v) is 3.69. The summed E-state index contributed by atoms with van der Waals surface area (Å²) in [6, 6.07) is 4.54. The molecular formula is C12H17N3O5. The SMILES string of the molecule is COc1cc(C(=O)NCC(=O)NN)ccc1OCCO. The summed E-state index contributed by atoms with van der Waals surface area (Å²) in [5.41, 5.74) is 2.21. The Kier molecular flexibility index (Phi) is 6.27. The van der Waals surface area contributed by atoms with Gasteiger partial charge in [0.15, 0.2) is 11.5 Å². The Labute approximate surface area is 115 Å². The van der Waals surface area contributed by atoms with Crippen LogP contribution in [0.2, 0.25) is 0 Å². The van der Waals surface area contributed by atoms with Crippen LogP contribution >= 0.6 is 0 Å². The lowest BCUT2D eigenvalue weighted by atomic mass is 10.2.